The Bertz CT molecular complexity index is 342. The van der Waals surface area contributed by atoms with Gasteiger partial charge in [-0.2, -0.15) is 0 Å². The minimum absolute atomic E-state index is 0.0272. The fourth-order valence-corrected chi connectivity index (χ4v) is 3.94. The van der Waals surface area contributed by atoms with Crippen molar-refractivity contribution in [2.24, 2.45) is 5.92 Å². The zero-order valence-electron chi connectivity index (χ0n) is 12.1. The lowest BCUT2D eigenvalue weighted by atomic mass is 10.0. The molecule has 4 nitrogen and oxygen atoms in total. The van der Waals surface area contributed by atoms with E-state index in [0.717, 1.165) is 6.42 Å². The van der Waals surface area contributed by atoms with Crippen molar-refractivity contribution in [3.63, 3.8) is 0 Å². The van der Waals surface area contributed by atoms with Crippen molar-refractivity contribution in [1.82, 2.24) is 10.2 Å². The molecule has 1 N–H and O–H groups in total. The summed E-state index contributed by atoms with van der Waals surface area (Å²) in [7, 11) is -0.789. The second-order valence-corrected chi connectivity index (χ2v) is 7.45. The van der Waals surface area contributed by atoms with Crippen molar-refractivity contribution < 1.29 is 9.00 Å². The van der Waals surface area contributed by atoms with Gasteiger partial charge in [-0.1, -0.05) is 26.7 Å². The zero-order chi connectivity index (χ0) is 13.8. The summed E-state index contributed by atoms with van der Waals surface area (Å²) in [6.45, 7) is 4.63. The zero-order valence-corrected chi connectivity index (χ0v) is 12.9. The molecule has 1 amide bonds. The van der Waals surface area contributed by atoms with Gasteiger partial charge in [-0.05, 0) is 25.2 Å². The third-order valence-corrected chi connectivity index (χ3v) is 5.71. The van der Waals surface area contributed by atoms with Crippen LogP contribution in [0.4, 0.5) is 0 Å². The Balaban J connectivity index is 2.01. The second kappa shape index (κ2) is 6.84. The molecule has 0 aromatic rings. The van der Waals surface area contributed by atoms with Crippen LogP contribution in [0.5, 0.6) is 0 Å². The first-order valence-corrected chi connectivity index (χ1v) is 9.07. The van der Waals surface area contributed by atoms with Crippen LogP contribution in [0.2, 0.25) is 0 Å². The maximum atomic E-state index is 12.4. The van der Waals surface area contributed by atoms with Crippen molar-refractivity contribution in [2.45, 2.75) is 58.2 Å². The maximum absolute atomic E-state index is 12.4. The Morgan fingerprint density at radius 2 is 2.00 bits per heavy atom. The fraction of sp³-hybridized carbons (Fsp3) is 0.929. The van der Waals surface area contributed by atoms with Gasteiger partial charge in [-0.3, -0.25) is 14.3 Å². The molecular formula is C14H26N2O2S. The molecule has 110 valence electrons. The molecule has 0 radical (unpaired) electrons. The van der Waals surface area contributed by atoms with E-state index in [9.17, 15) is 9.00 Å². The van der Waals surface area contributed by atoms with Gasteiger partial charge < -0.3 is 4.90 Å². The van der Waals surface area contributed by atoms with Gasteiger partial charge in [0, 0.05) is 28.9 Å². The first-order chi connectivity index (χ1) is 9.17. The van der Waals surface area contributed by atoms with E-state index in [0.29, 0.717) is 24.0 Å². The molecule has 1 saturated heterocycles. The molecule has 0 spiro atoms. The topological polar surface area (TPSA) is 49.4 Å². The number of hydrogen-bond donors (Lipinski definition) is 1. The van der Waals surface area contributed by atoms with Crippen LogP contribution in [0.15, 0.2) is 0 Å². The molecule has 3 atom stereocenters. The Morgan fingerprint density at radius 3 is 2.58 bits per heavy atom. The van der Waals surface area contributed by atoms with Crippen molar-refractivity contribution >= 4 is 16.7 Å². The smallest absolute Gasteiger partial charge is 0.241 e. The summed E-state index contributed by atoms with van der Waals surface area (Å²) in [5.74, 6) is 2.10. The van der Waals surface area contributed by atoms with Gasteiger partial charge in [-0.25, -0.2) is 0 Å². The first-order valence-electron chi connectivity index (χ1n) is 7.58. The number of hydrogen-bond acceptors (Lipinski definition) is 3. The maximum Gasteiger partial charge on any atom is 0.241 e. The van der Waals surface area contributed by atoms with E-state index in [1.165, 1.54) is 25.7 Å². The third kappa shape index (κ3) is 3.37. The highest BCUT2D eigenvalue weighted by atomic mass is 32.2. The molecule has 1 aliphatic heterocycles. The van der Waals surface area contributed by atoms with Gasteiger partial charge in [0.05, 0.1) is 12.2 Å². The van der Waals surface area contributed by atoms with Crippen LogP contribution in [0.25, 0.3) is 0 Å². The standard InChI is InChI=1S/C14H26N2O2S/c1-3-12-14(17)16(9-10-19(18)4-2)13(15-12)11-7-5-6-8-11/h11-13,15H,3-10H2,1-2H3. The highest BCUT2D eigenvalue weighted by Gasteiger charge is 2.42. The van der Waals surface area contributed by atoms with Gasteiger partial charge in [0.1, 0.15) is 0 Å². The Morgan fingerprint density at radius 1 is 1.32 bits per heavy atom. The molecule has 2 rings (SSSR count). The molecule has 2 aliphatic rings. The monoisotopic (exact) mass is 286 g/mol. The SMILES string of the molecule is CCC1NC(C2CCCC2)N(CCS(=O)CC)C1=O. The minimum atomic E-state index is -0.789. The molecule has 1 heterocycles. The summed E-state index contributed by atoms with van der Waals surface area (Å²) < 4.78 is 11.6. The largest absolute Gasteiger partial charge is 0.325 e. The second-order valence-electron chi connectivity index (χ2n) is 5.58. The number of nitrogens with zero attached hydrogens (tertiary/aromatic N) is 1. The number of carbonyl (C=O) groups excluding carboxylic acids is 1. The van der Waals surface area contributed by atoms with Gasteiger partial charge in [-0.15, -0.1) is 0 Å². The average molecular weight is 286 g/mol. The van der Waals surface area contributed by atoms with E-state index in [1.807, 2.05) is 11.8 Å². The quantitative estimate of drug-likeness (QED) is 0.804. The van der Waals surface area contributed by atoms with Crippen molar-refractivity contribution in [3.05, 3.63) is 0 Å². The summed E-state index contributed by atoms with van der Waals surface area (Å²) in [5.41, 5.74) is 0. The van der Waals surface area contributed by atoms with E-state index in [2.05, 4.69) is 12.2 Å². The molecule has 2 fully saturated rings. The van der Waals surface area contributed by atoms with Crippen molar-refractivity contribution in [2.75, 3.05) is 18.1 Å². The summed E-state index contributed by atoms with van der Waals surface area (Å²) in [6, 6.07) is -0.0272. The molecule has 19 heavy (non-hydrogen) atoms. The number of nitrogens with one attached hydrogen (secondary N) is 1. The van der Waals surface area contributed by atoms with E-state index in [1.54, 1.807) is 0 Å². The van der Waals surface area contributed by atoms with Crippen molar-refractivity contribution in [1.29, 1.82) is 0 Å². The third-order valence-electron chi connectivity index (χ3n) is 4.43. The van der Waals surface area contributed by atoms with Crippen LogP contribution in [-0.2, 0) is 15.6 Å². The van der Waals surface area contributed by atoms with Crippen LogP contribution in [0, 0.1) is 5.92 Å². The highest BCUT2D eigenvalue weighted by molar-refractivity contribution is 7.84. The Hall–Kier alpha value is -0.420. The van der Waals surface area contributed by atoms with Gasteiger partial charge in [0.15, 0.2) is 0 Å². The average Bonchev–Trinajstić information content (AvgIpc) is 3.04. The number of amides is 1. The van der Waals surface area contributed by atoms with Gasteiger partial charge >= 0.3 is 0 Å². The van der Waals surface area contributed by atoms with Gasteiger partial charge in [0.25, 0.3) is 0 Å². The van der Waals surface area contributed by atoms with E-state index in [4.69, 9.17) is 0 Å². The molecule has 0 aromatic carbocycles. The van der Waals surface area contributed by atoms with Crippen LogP contribution in [-0.4, -0.2) is 45.3 Å². The number of carbonyl (C=O) groups is 1. The Kier molecular flexibility index (Phi) is 5.39. The lowest BCUT2D eigenvalue weighted by Gasteiger charge is -2.28. The van der Waals surface area contributed by atoms with Crippen molar-refractivity contribution in [3.8, 4) is 0 Å². The van der Waals surface area contributed by atoms with E-state index < -0.39 is 10.8 Å². The first kappa shape index (κ1) is 15.0. The summed E-state index contributed by atoms with van der Waals surface area (Å²) in [4.78, 5) is 14.3. The number of rotatable bonds is 6. The van der Waals surface area contributed by atoms with Crippen LogP contribution in [0.3, 0.4) is 0 Å². The molecule has 1 saturated carbocycles. The molecule has 0 aromatic heterocycles. The fourth-order valence-electron chi connectivity index (χ4n) is 3.25. The molecule has 0 bridgehead atoms. The lowest BCUT2D eigenvalue weighted by Crippen LogP contribution is -2.44. The van der Waals surface area contributed by atoms with Crippen LogP contribution >= 0.6 is 0 Å². The predicted octanol–water partition coefficient (Wildman–Crippen LogP) is 1.48. The van der Waals surface area contributed by atoms with Crippen LogP contribution in [0.1, 0.15) is 46.0 Å². The minimum Gasteiger partial charge on any atom is -0.325 e. The molecular weight excluding hydrogens is 260 g/mol. The summed E-state index contributed by atoms with van der Waals surface area (Å²) in [5, 5.41) is 3.50. The predicted molar refractivity (Wildman–Crippen MR) is 78.2 cm³/mol. The van der Waals surface area contributed by atoms with Gasteiger partial charge in [0.2, 0.25) is 5.91 Å². The van der Waals surface area contributed by atoms with E-state index in [-0.39, 0.29) is 18.1 Å². The van der Waals surface area contributed by atoms with Crippen LogP contribution < -0.4 is 5.32 Å². The molecule has 3 unspecified atom stereocenters. The summed E-state index contributed by atoms with van der Waals surface area (Å²) in [6.07, 6.45) is 6.03. The highest BCUT2D eigenvalue weighted by Crippen LogP contribution is 2.32. The molecule has 5 heteroatoms. The summed E-state index contributed by atoms with van der Waals surface area (Å²) >= 11 is 0. The lowest BCUT2D eigenvalue weighted by molar-refractivity contribution is -0.130. The normalized spacial score (nSPS) is 30.2. The molecule has 1 aliphatic carbocycles. The van der Waals surface area contributed by atoms with E-state index >= 15 is 0 Å². The Labute approximate surface area is 118 Å².